The van der Waals surface area contributed by atoms with Crippen LogP contribution in [0.1, 0.15) is 56.4 Å². The van der Waals surface area contributed by atoms with E-state index in [1.54, 1.807) is 6.20 Å². The van der Waals surface area contributed by atoms with Gasteiger partial charge in [-0.15, -0.1) is 0 Å². The molecule has 4 heteroatoms. The Kier molecular flexibility index (Phi) is 6.03. The molecule has 4 nitrogen and oxygen atoms in total. The standard InChI is InChI=1S/C17H27N3O/c1-3-18-17(21)16-12-15(8-10-20-16)19-9-7-14-6-4-5-13(2)11-14/h8,10,12-14H,3-7,9,11H2,1-2H3,(H,18,21)(H,19,20). The highest BCUT2D eigenvalue weighted by molar-refractivity contribution is 5.93. The molecular formula is C17H27N3O. The number of hydrogen-bond donors (Lipinski definition) is 2. The molecule has 1 fully saturated rings. The van der Waals surface area contributed by atoms with Gasteiger partial charge >= 0.3 is 0 Å². The molecule has 2 unspecified atom stereocenters. The summed E-state index contributed by atoms with van der Waals surface area (Å²) in [6, 6.07) is 3.75. The number of rotatable bonds is 6. The maximum absolute atomic E-state index is 11.8. The van der Waals surface area contributed by atoms with Crippen LogP contribution in [-0.2, 0) is 0 Å². The maximum atomic E-state index is 11.8. The highest BCUT2D eigenvalue weighted by Crippen LogP contribution is 2.30. The van der Waals surface area contributed by atoms with Gasteiger partial charge in [0.1, 0.15) is 5.69 Å². The maximum Gasteiger partial charge on any atom is 0.269 e. The molecule has 1 amide bonds. The van der Waals surface area contributed by atoms with Crippen molar-refractivity contribution in [3.63, 3.8) is 0 Å². The topological polar surface area (TPSA) is 54.0 Å². The van der Waals surface area contributed by atoms with Gasteiger partial charge in [-0.1, -0.05) is 26.2 Å². The van der Waals surface area contributed by atoms with Gasteiger partial charge in [0.25, 0.3) is 5.91 Å². The molecule has 0 aliphatic heterocycles. The molecular weight excluding hydrogens is 262 g/mol. The highest BCUT2D eigenvalue weighted by atomic mass is 16.1. The monoisotopic (exact) mass is 289 g/mol. The highest BCUT2D eigenvalue weighted by Gasteiger charge is 2.18. The molecule has 1 aromatic rings. The number of carbonyl (C=O) groups is 1. The van der Waals surface area contributed by atoms with Crippen LogP contribution in [0.15, 0.2) is 18.3 Å². The largest absolute Gasteiger partial charge is 0.385 e. The summed E-state index contributed by atoms with van der Waals surface area (Å²) in [5.41, 5.74) is 1.46. The Morgan fingerprint density at radius 2 is 2.29 bits per heavy atom. The second kappa shape index (κ2) is 8.01. The molecule has 2 N–H and O–H groups in total. The third kappa shape index (κ3) is 5.03. The fourth-order valence-corrected chi connectivity index (χ4v) is 3.16. The molecule has 21 heavy (non-hydrogen) atoms. The minimum Gasteiger partial charge on any atom is -0.385 e. The SMILES string of the molecule is CCNC(=O)c1cc(NCCC2CCCC(C)C2)ccn1. The van der Waals surface area contributed by atoms with Crippen molar-refractivity contribution in [3.8, 4) is 0 Å². The van der Waals surface area contributed by atoms with Crippen LogP contribution in [-0.4, -0.2) is 24.0 Å². The third-order valence-corrected chi connectivity index (χ3v) is 4.26. The summed E-state index contributed by atoms with van der Waals surface area (Å²) in [7, 11) is 0. The summed E-state index contributed by atoms with van der Waals surface area (Å²) >= 11 is 0. The first-order valence-electron chi connectivity index (χ1n) is 8.17. The van der Waals surface area contributed by atoms with E-state index < -0.39 is 0 Å². The van der Waals surface area contributed by atoms with Crippen molar-refractivity contribution in [1.82, 2.24) is 10.3 Å². The normalized spacial score (nSPS) is 21.8. The lowest BCUT2D eigenvalue weighted by molar-refractivity contribution is 0.0951. The van der Waals surface area contributed by atoms with Crippen molar-refractivity contribution in [3.05, 3.63) is 24.0 Å². The summed E-state index contributed by atoms with van der Waals surface area (Å²) in [5.74, 6) is 1.63. The van der Waals surface area contributed by atoms with Crippen LogP contribution in [0.5, 0.6) is 0 Å². The summed E-state index contributed by atoms with van der Waals surface area (Å²) in [5, 5.41) is 6.20. The van der Waals surface area contributed by atoms with Crippen molar-refractivity contribution in [2.75, 3.05) is 18.4 Å². The summed E-state index contributed by atoms with van der Waals surface area (Å²) < 4.78 is 0. The van der Waals surface area contributed by atoms with Gasteiger partial charge in [-0.3, -0.25) is 9.78 Å². The van der Waals surface area contributed by atoms with E-state index in [1.165, 1.54) is 32.1 Å². The van der Waals surface area contributed by atoms with Gasteiger partial charge in [0.05, 0.1) is 0 Å². The van der Waals surface area contributed by atoms with Crippen LogP contribution in [0.25, 0.3) is 0 Å². The molecule has 1 saturated carbocycles. The fraction of sp³-hybridized carbons (Fsp3) is 0.647. The van der Waals surface area contributed by atoms with Gasteiger partial charge in [-0.2, -0.15) is 0 Å². The predicted octanol–water partition coefficient (Wildman–Crippen LogP) is 3.46. The van der Waals surface area contributed by atoms with Crippen LogP contribution in [0.2, 0.25) is 0 Å². The van der Waals surface area contributed by atoms with Crippen LogP contribution < -0.4 is 10.6 Å². The molecule has 1 heterocycles. The molecule has 0 saturated heterocycles. The van der Waals surface area contributed by atoms with E-state index >= 15 is 0 Å². The van der Waals surface area contributed by atoms with Gasteiger partial charge in [0.2, 0.25) is 0 Å². The zero-order valence-corrected chi connectivity index (χ0v) is 13.2. The van der Waals surface area contributed by atoms with Crippen LogP contribution in [0.3, 0.4) is 0 Å². The van der Waals surface area contributed by atoms with E-state index in [0.717, 1.165) is 24.1 Å². The van der Waals surface area contributed by atoms with Gasteiger partial charge in [-0.25, -0.2) is 0 Å². The van der Waals surface area contributed by atoms with Gasteiger partial charge in [0, 0.05) is 25.0 Å². The third-order valence-electron chi connectivity index (χ3n) is 4.26. The molecule has 0 spiro atoms. The average molecular weight is 289 g/mol. The molecule has 116 valence electrons. The number of nitrogens with one attached hydrogen (secondary N) is 2. The van der Waals surface area contributed by atoms with E-state index in [9.17, 15) is 4.79 Å². The fourth-order valence-electron chi connectivity index (χ4n) is 3.16. The Hall–Kier alpha value is -1.58. The average Bonchev–Trinajstić information content (AvgIpc) is 2.48. The van der Waals surface area contributed by atoms with Gasteiger partial charge in [-0.05, 0) is 43.7 Å². The molecule has 0 bridgehead atoms. The molecule has 2 atom stereocenters. The van der Waals surface area contributed by atoms with E-state index in [0.29, 0.717) is 12.2 Å². The molecule has 2 rings (SSSR count). The molecule has 0 aromatic carbocycles. The molecule has 1 aliphatic carbocycles. The minimum atomic E-state index is -0.109. The number of nitrogens with zero attached hydrogens (tertiary/aromatic N) is 1. The summed E-state index contributed by atoms with van der Waals surface area (Å²) in [6.07, 6.45) is 8.40. The van der Waals surface area contributed by atoms with E-state index in [-0.39, 0.29) is 5.91 Å². The van der Waals surface area contributed by atoms with Crippen molar-refractivity contribution < 1.29 is 4.79 Å². The lowest BCUT2D eigenvalue weighted by atomic mass is 9.81. The first kappa shape index (κ1) is 15.8. The van der Waals surface area contributed by atoms with Gasteiger partial charge in [0.15, 0.2) is 0 Å². The van der Waals surface area contributed by atoms with Crippen molar-refractivity contribution in [1.29, 1.82) is 0 Å². The van der Waals surface area contributed by atoms with Crippen LogP contribution in [0.4, 0.5) is 5.69 Å². The Morgan fingerprint density at radius 3 is 3.05 bits per heavy atom. The smallest absolute Gasteiger partial charge is 0.269 e. The number of pyridine rings is 1. The quantitative estimate of drug-likeness (QED) is 0.843. The first-order chi connectivity index (χ1) is 10.2. The predicted molar refractivity (Wildman–Crippen MR) is 86.5 cm³/mol. The zero-order valence-electron chi connectivity index (χ0n) is 13.2. The minimum absolute atomic E-state index is 0.109. The number of anilines is 1. The van der Waals surface area contributed by atoms with E-state index in [1.807, 2.05) is 19.1 Å². The Balaban J connectivity index is 1.80. The van der Waals surface area contributed by atoms with Crippen LogP contribution >= 0.6 is 0 Å². The Bertz CT molecular complexity index is 461. The summed E-state index contributed by atoms with van der Waals surface area (Å²) in [6.45, 7) is 5.86. The van der Waals surface area contributed by atoms with Crippen molar-refractivity contribution in [2.45, 2.75) is 46.0 Å². The lowest BCUT2D eigenvalue weighted by Gasteiger charge is -2.26. The number of carbonyl (C=O) groups excluding carboxylic acids is 1. The van der Waals surface area contributed by atoms with Crippen molar-refractivity contribution in [2.24, 2.45) is 11.8 Å². The zero-order chi connectivity index (χ0) is 15.1. The first-order valence-corrected chi connectivity index (χ1v) is 8.17. The number of aromatic nitrogens is 1. The van der Waals surface area contributed by atoms with Crippen molar-refractivity contribution >= 4 is 11.6 Å². The molecule has 1 aromatic heterocycles. The molecule has 0 radical (unpaired) electrons. The van der Waals surface area contributed by atoms with E-state index in [4.69, 9.17) is 0 Å². The van der Waals surface area contributed by atoms with Gasteiger partial charge < -0.3 is 10.6 Å². The van der Waals surface area contributed by atoms with Crippen LogP contribution in [0, 0.1) is 11.8 Å². The number of hydrogen-bond acceptors (Lipinski definition) is 3. The second-order valence-corrected chi connectivity index (χ2v) is 6.14. The Labute approximate surface area is 127 Å². The lowest BCUT2D eigenvalue weighted by Crippen LogP contribution is -2.23. The van der Waals surface area contributed by atoms with E-state index in [2.05, 4.69) is 22.5 Å². The number of amides is 1. The molecule has 1 aliphatic rings. The second-order valence-electron chi connectivity index (χ2n) is 6.14. The summed E-state index contributed by atoms with van der Waals surface area (Å²) in [4.78, 5) is 15.9. The Morgan fingerprint density at radius 1 is 1.43 bits per heavy atom.